The van der Waals surface area contributed by atoms with E-state index >= 15 is 0 Å². The molecule has 0 spiro atoms. The lowest BCUT2D eigenvalue weighted by Gasteiger charge is -2.18. The SMILES string of the molecule is COc1ccc(OC)c(/C=N/OCC(=O)N(C)Cc2ccccc2OC)c1. The first-order valence-electron chi connectivity index (χ1n) is 8.32. The lowest BCUT2D eigenvalue weighted by molar-refractivity contribution is -0.135. The van der Waals surface area contributed by atoms with Crippen LogP contribution in [0, 0.1) is 0 Å². The molecular weight excluding hydrogens is 348 g/mol. The van der Waals surface area contributed by atoms with Gasteiger partial charge in [-0.3, -0.25) is 4.79 Å². The number of oxime groups is 1. The van der Waals surface area contributed by atoms with Gasteiger partial charge in [-0.2, -0.15) is 0 Å². The summed E-state index contributed by atoms with van der Waals surface area (Å²) in [6.07, 6.45) is 1.48. The first-order chi connectivity index (χ1) is 13.1. The number of hydrogen-bond acceptors (Lipinski definition) is 6. The summed E-state index contributed by atoms with van der Waals surface area (Å²) >= 11 is 0. The second-order valence-electron chi connectivity index (χ2n) is 5.68. The van der Waals surface area contributed by atoms with E-state index in [1.807, 2.05) is 24.3 Å². The van der Waals surface area contributed by atoms with E-state index in [4.69, 9.17) is 19.0 Å². The van der Waals surface area contributed by atoms with Gasteiger partial charge in [-0.15, -0.1) is 0 Å². The van der Waals surface area contributed by atoms with Gasteiger partial charge in [0.05, 0.1) is 27.5 Å². The summed E-state index contributed by atoms with van der Waals surface area (Å²) in [5.74, 6) is 1.84. The maximum absolute atomic E-state index is 12.2. The second kappa shape index (κ2) is 10.1. The lowest BCUT2D eigenvalue weighted by Crippen LogP contribution is -2.29. The highest BCUT2D eigenvalue weighted by molar-refractivity contribution is 5.84. The van der Waals surface area contributed by atoms with Gasteiger partial charge in [0, 0.05) is 24.7 Å². The van der Waals surface area contributed by atoms with Crippen LogP contribution in [0.25, 0.3) is 0 Å². The molecule has 0 aliphatic rings. The molecule has 144 valence electrons. The number of likely N-dealkylation sites (N-methyl/N-ethyl adjacent to an activating group) is 1. The fourth-order valence-electron chi connectivity index (χ4n) is 2.41. The van der Waals surface area contributed by atoms with Gasteiger partial charge in [0.15, 0.2) is 6.61 Å². The molecule has 0 heterocycles. The molecule has 27 heavy (non-hydrogen) atoms. The number of para-hydroxylation sites is 1. The third kappa shape index (κ3) is 5.64. The van der Waals surface area contributed by atoms with Gasteiger partial charge in [0.2, 0.25) is 0 Å². The Balaban J connectivity index is 1.91. The highest BCUT2D eigenvalue weighted by Crippen LogP contribution is 2.22. The molecule has 0 aromatic heterocycles. The van der Waals surface area contributed by atoms with E-state index in [1.165, 1.54) is 6.21 Å². The van der Waals surface area contributed by atoms with Crippen molar-refractivity contribution in [1.29, 1.82) is 0 Å². The van der Waals surface area contributed by atoms with Crippen LogP contribution in [0.4, 0.5) is 0 Å². The van der Waals surface area contributed by atoms with Crippen molar-refractivity contribution >= 4 is 12.1 Å². The molecule has 0 saturated heterocycles. The fraction of sp³-hybridized carbons (Fsp3) is 0.300. The third-order valence-electron chi connectivity index (χ3n) is 3.92. The topological polar surface area (TPSA) is 69.6 Å². The van der Waals surface area contributed by atoms with E-state index in [-0.39, 0.29) is 12.5 Å². The van der Waals surface area contributed by atoms with Gasteiger partial charge in [-0.25, -0.2) is 0 Å². The van der Waals surface area contributed by atoms with E-state index in [2.05, 4.69) is 5.16 Å². The van der Waals surface area contributed by atoms with Crippen molar-refractivity contribution < 1.29 is 23.8 Å². The first kappa shape index (κ1) is 20.1. The van der Waals surface area contributed by atoms with Crippen molar-refractivity contribution in [3.8, 4) is 17.2 Å². The van der Waals surface area contributed by atoms with Crippen molar-refractivity contribution in [3.63, 3.8) is 0 Å². The van der Waals surface area contributed by atoms with Crippen LogP contribution in [0.2, 0.25) is 0 Å². The molecular formula is C20H24N2O5. The van der Waals surface area contributed by atoms with Crippen LogP contribution in [-0.4, -0.2) is 52.0 Å². The molecule has 2 aromatic rings. The zero-order chi connectivity index (χ0) is 19.6. The highest BCUT2D eigenvalue weighted by Gasteiger charge is 2.12. The molecule has 1 amide bonds. The molecule has 0 aliphatic heterocycles. The van der Waals surface area contributed by atoms with Crippen LogP contribution >= 0.6 is 0 Å². The van der Waals surface area contributed by atoms with E-state index < -0.39 is 0 Å². The van der Waals surface area contributed by atoms with Crippen LogP contribution in [0.5, 0.6) is 17.2 Å². The minimum absolute atomic E-state index is 0.172. The van der Waals surface area contributed by atoms with Crippen LogP contribution in [0.15, 0.2) is 47.6 Å². The molecule has 0 aliphatic carbocycles. The van der Waals surface area contributed by atoms with Gasteiger partial charge >= 0.3 is 0 Å². The van der Waals surface area contributed by atoms with Crippen molar-refractivity contribution in [1.82, 2.24) is 4.90 Å². The number of carbonyl (C=O) groups excluding carboxylic acids is 1. The Morgan fingerprint density at radius 1 is 1.04 bits per heavy atom. The van der Waals surface area contributed by atoms with Crippen LogP contribution in [0.1, 0.15) is 11.1 Å². The standard InChI is InChI=1S/C20H24N2O5/c1-22(13-15-7-5-6-8-18(15)25-3)20(23)14-27-21-12-16-11-17(24-2)9-10-19(16)26-4/h5-12H,13-14H2,1-4H3/b21-12+. The number of rotatable bonds is 9. The number of benzene rings is 2. The van der Waals surface area contributed by atoms with Crippen molar-refractivity contribution in [3.05, 3.63) is 53.6 Å². The highest BCUT2D eigenvalue weighted by atomic mass is 16.6. The molecule has 0 unspecified atom stereocenters. The Labute approximate surface area is 159 Å². The minimum atomic E-state index is -0.198. The second-order valence-corrected chi connectivity index (χ2v) is 5.68. The number of hydrogen-bond donors (Lipinski definition) is 0. The maximum atomic E-state index is 12.2. The molecule has 0 atom stereocenters. The summed E-state index contributed by atoms with van der Waals surface area (Å²) in [5.41, 5.74) is 1.60. The summed E-state index contributed by atoms with van der Waals surface area (Å²) in [6, 6.07) is 12.9. The Kier molecular flexibility index (Phi) is 7.49. The number of ether oxygens (including phenoxy) is 3. The summed E-state index contributed by atoms with van der Waals surface area (Å²) in [6.45, 7) is 0.244. The normalized spacial score (nSPS) is 10.5. The molecule has 0 saturated carbocycles. The minimum Gasteiger partial charge on any atom is -0.497 e. The lowest BCUT2D eigenvalue weighted by atomic mass is 10.2. The molecule has 7 nitrogen and oxygen atoms in total. The summed E-state index contributed by atoms with van der Waals surface area (Å²) in [7, 11) is 6.45. The number of carbonyl (C=O) groups is 1. The number of amides is 1. The molecule has 7 heteroatoms. The van der Waals surface area contributed by atoms with Gasteiger partial charge in [-0.1, -0.05) is 23.4 Å². The molecule has 2 aromatic carbocycles. The molecule has 0 fully saturated rings. The summed E-state index contributed by atoms with van der Waals surface area (Å²) in [4.78, 5) is 18.9. The smallest absolute Gasteiger partial charge is 0.263 e. The van der Waals surface area contributed by atoms with E-state index in [9.17, 15) is 4.79 Å². The average molecular weight is 372 g/mol. The summed E-state index contributed by atoms with van der Waals surface area (Å²) in [5, 5.41) is 3.86. The van der Waals surface area contributed by atoms with Crippen LogP contribution in [-0.2, 0) is 16.2 Å². The zero-order valence-electron chi connectivity index (χ0n) is 16.0. The fourth-order valence-corrected chi connectivity index (χ4v) is 2.41. The predicted molar refractivity (Wildman–Crippen MR) is 103 cm³/mol. The van der Waals surface area contributed by atoms with Crippen LogP contribution in [0.3, 0.4) is 0 Å². The van der Waals surface area contributed by atoms with Gasteiger partial charge in [0.25, 0.3) is 5.91 Å². The van der Waals surface area contributed by atoms with E-state index in [0.717, 1.165) is 11.3 Å². The zero-order valence-corrected chi connectivity index (χ0v) is 16.0. The largest absolute Gasteiger partial charge is 0.497 e. The quantitative estimate of drug-likeness (QED) is 0.500. The average Bonchev–Trinajstić information content (AvgIpc) is 2.71. The Bertz CT molecular complexity index is 792. The van der Waals surface area contributed by atoms with Crippen molar-refractivity contribution in [2.24, 2.45) is 5.16 Å². The molecule has 0 bridgehead atoms. The van der Waals surface area contributed by atoms with Crippen LogP contribution < -0.4 is 14.2 Å². The Morgan fingerprint density at radius 3 is 2.48 bits per heavy atom. The van der Waals surface area contributed by atoms with Gasteiger partial charge < -0.3 is 23.9 Å². The van der Waals surface area contributed by atoms with Crippen molar-refractivity contribution in [2.75, 3.05) is 35.0 Å². The Morgan fingerprint density at radius 2 is 1.78 bits per heavy atom. The molecule has 0 radical (unpaired) electrons. The van der Waals surface area contributed by atoms with E-state index in [0.29, 0.717) is 23.6 Å². The van der Waals surface area contributed by atoms with Gasteiger partial charge in [0.1, 0.15) is 17.2 Å². The molecule has 2 rings (SSSR count). The predicted octanol–water partition coefficient (Wildman–Crippen LogP) is 2.72. The third-order valence-corrected chi connectivity index (χ3v) is 3.92. The Hall–Kier alpha value is -3.22. The van der Waals surface area contributed by atoms with Crippen molar-refractivity contribution in [2.45, 2.75) is 6.54 Å². The molecule has 0 N–H and O–H groups in total. The number of methoxy groups -OCH3 is 3. The first-order valence-corrected chi connectivity index (χ1v) is 8.32. The van der Waals surface area contributed by atoms with Gasteiger partial charge in [-0.05, 0) is 24.3 Å². The van der Waals surface area contributed by atoms with E-state index in [1.54, 1.807) is 51.5 Å². The number of nitrogens with zero attached hydrogens (tertiary/aromatic N) is 2. The summed E-state index contributed by atoms with van der Waals surface area (Å²) < 4.78 is 15.7. The monoisotopic (exact) mass is 372 g/mol. The maximum Gasteiger partial charge on any atom is 0.263 e.